The maximum atomic E-state index is 13.1. The van der Waals surface area contributed by atoms with Gasteiger partial charge in [-0.2, -0.15) is 12.6 Å². The molecule has 0 saturated heterocycles. The Bertz CT molecular complexity index is 1150. The molecule has 1 heterocycles. The molecule has 3 aromatic rings. The fourth-order valence-electron chi connectivity index (χ4n) is 4.46. The summed E-state index contributed by atoms with van der Waals surface area (Å²) >= 11 is 7.90. The highest BCUT2D eigenvalue weighted by Crippen LogP contribution is 2.40. The first-order valence-corrected chi connectivity index (χ1v) is 11.5. The van der Waals surface area contributed by atoms with Gasteiger partial charge in [0.1, 0.15) is 11.8 Å². The van der Waals surface area contributed by atoms with Gasteiger partial charge >= 0.3 is 5.97 Å². The van der Waals surface area contributed by atoms with Crippen LogP contribution in [0, 0.1) is 5.92 Å². The van der Waals surface area contributed by atoms with E-state index in [4.69, 9.17) is 0 Å². The number of aliphatic carboxylic acids is 1. The third-order valence-electron chi connectivity index (χ3n) is 6.04. The second kappa shape index (κ2) is 8.96. The number of halogens is 1. The first kappa shape index (κ1) is 21.8. The minimum absolute atomic E-state index is 0.0140. The molecular weight excluding hydrogens is 480 g/mol. The van der Waals surface area contributed by atoms with E-state index >= 15 is 0 Å². The van der Waals surface area contributed by atoms with Gasteiger partial charge in [-0.1, -0.05) is 22.0 Å². The number of rotatable bonds is 7. The van der Waals surface area contributed by atoms with Gasteiger partial charge in [-0.15, -0.1) is 0 Å². The zero-order valence-corrected chi connectivity index (χ0v) is 19.1. The van der Waals surface area contributed by atoms with Gasteiger partial charge in [0.05, 0.1) is 5.92 Å². The molecule has 162 valence electrons. The molecule has 6 nitrogen and oxygen atoms in total. The van der Waals surface area contributed by atoms with E-state index in [0.717, 1.165) is 39.3 Å². The third-order valence-corrected chi connectivity index (χ3v) is 6.92. The van der Waals surface area contributed by atoms with E-state index in [2.05, 4.69) is 44.9 Å². The SMILES string of the molecule is O=C(O)C(Cc1c[nH]c2ccc(O)cc12)NC(=O)C(CS)C1CCc2cc(Br)ccc21. The van der Waals surface area contributed by atoms with Crippen LogP contribution in [0.1, 0.15) is 29.0 Å². The summed E-state index contributed by atoms with van der Waals surface area (Å²) in [6, 6.07) is 9.89. The lowest BCUT2D eigenvalue weighted by Gasteiger charge is -2.24. The summed E-state index contributed by atoms with van der Waals surface area (Å²) in [5.41, 5.74) is 3.87. The molecule has 1 aliphatic rings. The molecule has 0 spiro atoms. The number of aromatic amines is 1. The van der Waals surface area contributed by atoms with Crippen LogP contribution in [0.4, 0.5) is 0 Å². The fourth-order valence-corrected chi connectivity index (χ4v) is 5.29. The van der Waals surface area contributed by atoms with Gasteiger partial charge in [-0.25, -0.2) is 4.79 Å². The number of phenols is 1. The standard InChI is InChI=1S/C23H23BrN2O4S/c24-14-2-5-16-12(7-14)1-4-17(16)19(11-31)22(28)26-21(23(29)30)8-13-10-25-20-6-3-15(27)9-18(13)20/h2-3,5-7,9-10,17,19,21,25,27,31H,1,4,8,11H2,(H,26,28)(H,29,30). The zero-order chi connectivity index (χ0) is 22.1. The van der Waals surface area contributed by atoms with Crippen LogP contribution in [0.25, 0.3) is 10.9 Å². The Morgan fingerprint density at radius 2 is 2.06 bits per heavy atom. The van der Waals surface area contributed by atoms with E-state index in [9.17, 15) is 19.8 Å². The number of nitrogens with one attached hydrogen (secondary N) is 2. The molecule has 4 rings (SSSR count). The number of H-pyrrole nitrogens is 1. The van der Waals surface area contributed by atoms with Crippen molar-refractivity contribution in [2.75, 3.05) is 5.75 Å². The molecule has 1 amide bonds. The number of amides is 1. The van der Waals surface area contributed by atoms with Gasteiger partial charge in [0, 0.05) is 33.7 Å². The van der Waals surface area contributed by atoms with Gasteiger partial charge in [0.15, 0.2) is 0 Å². The van der Waals surface area contributed by atoms with Crippen molar-refractivity contribution in [1.29, 1.82) is 0 Å². The van der Waals surface area contributed by atoms with Crippen LogP contribution in [-0.2, 0) is 22.4 Å². The second-order valence-electron chi connectivity index (χ2n) is 7.92. The number of phenolic OH excluding ortho intramolecular Hbond substituents is 1. The van der Waals surface area contributed by atoms with Crippen LogP contribution in [0.2, 0.25) is 0 Å². The monoisotopic (exact) mass is 502 g/mol. The van der Waals surface area contributed by atoms with Crippen molar-refractivity contribution in [3.8, 4) is 5.75 Å². The number of carbonyl (C=O) groups excluding carboxylic acids is 1. The molecule has 1 aliphatic carbocycles. The number of aromatic hydroxyl groups is 1. The molecule has 2 aromatic carbocycles. The quantitative estimate of drug-likeness (QED) is 0.315. The van der Waals surface area contributed by atoms with Crippen molar-refractivity contribution >= 4 is 51.3 Å². The van der Waals surface area contributed by atoms with Crippen molar-refractivity contribution in [3.63, 3.8) is 0 Å². The van der Waals surface area contributed by atoms with Crippen LogP contribution in [0.5, 0.6) is 5.75 Å². The summed E-state index contributed by atoms with van der Waals surface area (Å²) in [5, 5.41) is 23.0. The van der Waals surface area contributed by atoms with Gasteiger partial charge in [0.25, 0.3) is 0 Å². The minimum atomic E-state index is -1.10. The Morgan fingerprint density at radius 3 is 2.81 bits per heavy atom. The predicted octanol–water partition coefficient (Wildman–Crippen LogP) is 4.02. The average molecular weight is 503 g/mol. The number of benzene rings is 2. The molecule has 0 aliphatic heterocycles. The Labute approximate surface area is 193 Å². The Morgan fingerprint density at radius 1 is 1.26 bits per heavy atom. The number of carboxylic acid groups (broad SMARTS) is 1. The molecule has 4 N–H and O–H groups in total. The molecule has 3 unspecified atom stereocenters. The topological polar surface area (TPSA) is 102 Å². The maximum Gasteiger partial charge on any atom is 0.326 e. The lowest BCUT2D eigenvalue weighted by molar-refractivity contribution is -0.142. The summed E-state index contributed by atoms with van der Waals surface area (Å²) in [5.74, 6) is -1.37. The third kappa shape index (κ3) is 4.45. The summed E-state index contributed by atoms with van der Waals surface area (Å²) in [6.07, 6.45) is 3.55. The molecule has 1 aromatic heterocycles. The van der Waals surface area contributed by atoms with E-state index in [1.807, 2.05) is 12.1 Å². The first-order chi connectivity index (χ1) is 14.9. The van der Waals surface area contributed by atoms with Crippen LogP contribution < -0.4 is 5.32 Å². The van der Waals surface area contributed by atoms with Crippen LogP contribution in [-0.4, -0.2) is 38.9 Å². The highest BCUT2D eigenvalue weighted by atomic mass is 79.9. The molecule has 0 fully saturated rings. The van der Waals surface area contributed by atoms with Crippen LogP contribution in [0.15, 0.2) is 47.1 Å². The van der Waals surface area contributed by atoms with E-state index in [-0.39, 0.29) is 24.0 Å². The highest BCUT2D eigenvalue weighted by Gasteiger charge is 2.35. The number of aromatic nitrogens is 1. The Balaban J connectivity index is 1.53. The van der Waals surface area contributed by atoms with Crippen molar-refractivity contribution in [3.05, 3.63) is 63.8 Å². The Hall–Kier alpha value is -2.45. The van der Waals surface area contributed by atoms with Crippen LogP contribution in [0.3, 0.4) is 0 Å². The smallest absolute Gasteiger partial charge is 0.326 e. The van der Waals surface area contributed by atoms with E-state index in [1.165, 1.54) is 5.56 Å². The van der Waals surface area contributed by atoms with Crippen LogP contribution >= 0.6 is 28.6 Å². The van der Waals surface area contributed by atoms with E-state index in [0.29, 0.717) is 5.75 Å². The maximum absolute atomic E-state index is 13.1. The number of carbonyl (C=O) groups is 2. The lowest BCUT2D eigenvalue weighted by Crippen LogP contribution is -2.46. The highest BCUT2D eigenvalue weighted by molar-refractivity contribution is 9.10. The van der Waals surface area contributed by atoms with E-state index in [1.54, 1.807) is 24.4 Å². The summed E-state index contributed by atoms with van der Waals surface area (Å²) in [4.78, 5) is 28.1. The molecule has 0 saturated carbocycles. The van der Waals surface area contributed by atoms with Gasteiger partial charge in [0.2, 0.25) is 5.91 Å². The van der Waals surface area contributed by atoms with Gasteiger partial charge < -0.3 is 20.5 Å². The van der Waals surface area contributed by atoms with Crippen molar-refractivity contribution in [2.45, 2.75) is 31.2 Å². The predicted molar refractivity (Wildman–Crippen MR) is 126 cm³/mol. The fraction of sp³-hybridized carbons (Fsp3) is 0.304. The molecule has 0 bridgehead atoms. The number of carboxylic acids is 1. The average Bonchev–Trinajstić information content (AvgIpc) is 3.32. The van der Waals surface area contributed by atoms with Gasteiger partial charge in [-0.05, 0) is 65.8 Å². The molecule has 3 atom stereocenters. The number of hydrogen-bond acceptors (Lipinski definition) is 4. The molecular formula is C23H23BrN2O4S. The number of aryl methyl sites for hydroxylation is 1. The molecule has 8 heteroatoms. The number of hydrogen-bond donors (Lipinski definition) is 5. The first-order valence-electron chi connectivity index (χ1n) is 10.1. The number of fused-ring (bicyclic) bond motifs is 2. The normalized spacial score (nSPS) is 17.3. The zero-order valence-electron chi connectivity index (χ0n) is 16.6. The summed E-state index contributed by atoms with van der Waals surface area (Å²) in [6.45, 7) is 0. The summed E-state index contributed by atoms with van der Waals surface area (Å²) < 4.78 is 1.01. The minimum Gasteiger partial charge on any atom is -0.508 e. The second-order valence-corrected chi connectivity index (χ2v) is 9.21. The van der Waals surface area contributed by atoms with Gasteiger partial charge in [-0.3, -0.25) is 4.79 Å². The number of thiol groups is 1. The largest absolute Gasteiger partial charge is 0.508 e. The van der Waals surface area contributed by atoms with E-state index < -0.39 is 17.9 Å². The van der Waals surface area contributed by atoms with Crippen molar-refractivity contribution in [2.24, 2.45) is 5.92 Å². The molecule has 0 radical (unpaired) electrons. The Kier molecular flexibility index (Phi) is 6.29. The lowest BCUT2D eigenvalue weighted by atomic mass is 9.87. The van der Waals surface area contributed by atoms with Crippen molar-refractivity contribution < 1.29 is 19.8 Å². The summed E-state index contributed by atoms with van der Waals surface area (Å²) in [7, 11) is 0. The van der Waals surface area contributed by atoms with Crippen molar-refractivity contribution in [1.82, 2.24) is 10.3 Å². The molecule has 31 heavy (non-hydrogen) atoms.